The molecule has 0 spiro atoms. The summed E-state index contributed by atoms with van der Waals surface area (Å²) in [6.45, 7) is 8.22. The van der Waals surface area contributed by atoms with E-state index in [2.05, 4.69) is 44.8 Å². The van der Waals surface area contributed by atoms with Crippen molar-refractivity contribution in [1.82, 2.24) is 4.98 Å². The molecule has 0 N–H and O–H groups in total. The van der Waals surface area contributed by atoms with Crippen LogP contribution in [0.5, 0.6) is 0 Å². The lowest BCUT2D eigenvalue weighted by atomic mass is 9.89. The Morgan fingerprint density at radius 2 is 1.67 bits per heavy atom. The third-order valence-corrected chi connectivity index (χ3v) is 4.40. The molecule has 1 saturated heterocycles. The van der Waals surface area contributed by atoms with Gasteiger partial charge < -0.3 is 9.31 Å². The van der Waals surface area contributed by atoms with Gasteiger partial charge in [-0.05, 0) is 38.6 Å². The first-order valence-electron chi connectivity index (χ1n) is 7.26. The van der Waals surface area contributed by atoms with Gasteiger partial charge in [0.05, 0.1) is 11.2 Å². The molecule has 1 aliphatic heterocycles. The fourth-order valence-corrected chi connectivity index (χ4v) is 2.42. The van der Waals surface area contributed by atoms with E-state index in [0.717, 1.165) is 10.9 Å². The van der Waals surface area contributed by atoms with E-state index in [9.17, 15) is 0 Å². The van der Waals surface area contributed by atoms with Gasteiger partial charge in [-0.25, -0.2) is 0 Å². The van der Waals surface area contributed by atoms with Crippen molar-refractivity contribution in [2.45, 2.75) is 38.9 Å². The fraction of sp³-hybridized carbons (Fsp3) is 0.353. The number of hydrogen-bond acceptors (Lipinski definition) is 3. The van der Waals surface area contributed by atoms with Crippen molar-refractivity contribution in [2.75, 3.05) is 0 Å². The van der Waals surface area contributed by atoms with Gasteiger partial charge in [0, 0.05) is 17.8 Å². The molecule has 1 aromatic carbocycles. The zero-order valence-corrected chi connectivity index (χ0v) is 13.0. The highest BCUT2D eigenvalue weighted by molar-refractivity contribution is 6.52. The van der Waals surface area contributed by atoms with Crippen molar-refractivity contribution in [3.8, 4) is 0 Å². The lowest BCUT2D eigenvalue weighted by molar-refractivity contribution is 0.00578. The van der Waals surface area contributed by atoms with Crippen LogP contribution in [0.25, 0.3) is 16.8 Å². The molecule has 3 nitrogen and oxygen atoms in total. The summed E-state index contributed by atoms with van der Waals surface area (Å²) in [5, 5.41) is 2.31. The van der Waals surface area contributed by atoms with Crippen molar-refractivity contribution in [1.29, 1.82) is 0 Å². The van der Waals surface area contributed by atoms with Crippen LogP contribution < -0.4 is 0 Å². The summed E-state index contributed by atoms with van der Waals surface area (Å²) in [6, 6.07) is 8.22. The first kappa shape index (κ1) is 14.3. The Bertz CT molecular complexity index is 673. The van der Waals surface area contributed by atoms with E-state index >= 15 is 0 Å². The van der Waals surface area contributed by atoms with Gasteiger partial charge in [0.25, 0.3) is 0 Å². The van der Waals surface area contributed by atoms with Crippen molar-refractivity contribution >= 4 is 24.0 Å². The number of hydrogen-bond donors (Lipinski definition) is 0. The molecule has 3 rings (SSSR count). The topological polar surface area (TPSA) is 31.4 Å². The van der Waals surface area contributed by atoms with Gasteiger partial charge in [-0.3, -0.25) is 4.98 Å². The van der Waals surface area contributed by atoms with Crippen LogP contribution in [0.4, 0.5) is 0 Å². The van der Waals surface area contributed by atoms with Gasteiger partial charge in [-0.2, -0.15) is 0 Å². The number of aromatic nitrogens is 1. The highest BCUT2D eigenvalue weighted by atomic mass is 16.7. The third-order valence-electron chi connectivity index (χ3n) is 4.40. The van der Waals surface area contributed by atoms with Crippen LogP contribution in [-0.4, -0.2) is 23.3 Å². The first-order chi connectivity index (χ1) is 9.89. The van der Waals surface area contributed by atoms with Crippen LogP contribution in [0.2, 0.25) is 0 Å². The fourth-order valence-electron chi connectivity index (χ4n) is 2.42. The Balaban J connectivity index is 1.87. The van der Waals surface area contributed by atoms with E-state index in [4.69, 9.17) is 9.31 Å². The highest BCUT2D eigenvalue weighted by Gasteiger charge is 2.49. The highest BCUT2D eigenvalue weighted by Crippen LogP contribution is 2.37. The van der Waals surface area contributed by atoms with E-state index in [1.807, 2.05) is 36.6 Å². The smallest absolute Gasteiger partial charge is 0.400 e. The Morgan fingerprint density at radius 1 is 1.00 bits per heavy atom. The van der Waals surface area contributed by atoms with Gasteiger partial charge in [0.1, 0.15) is 0 Å². The number of benzene rings is 1. The van der Waals surface area contributed by atoms with Crippen LogP contribution in [-0.2, 0) is 9.31 Å². The zero-order chi connectivity index (χ0) is 15.1. The third kappa shape index (κ3) is 2.61. The van der Waals surface area contributed by atoms with E-state index in [1.54, 1.807) is 0 Å². The maximum Gasteiger partial charge on any atom is 0.487 e. The van der Waals surface area contributed by atoms with Gasteiger partial charge in [-0.15, -0.1) is 0 Å². The average Bonchev–Trinajstić information content (AvgIpc) is 2.64. The Morgan fingerprint density at radius 3 is 2.38 bits per heavy atom. The normalized spacial score (nSPS) is 20.5. The predicted octanol–water partition coefficient (Wildman–Crippen LogP) is 3.88. The van der Waals surface area contributed by atoms with Gasteiger partial charge in [-0.1, -0.05) is 36.3 Å². The average molecular weight is 281 g/mol. The summed E-state index contributed by atoms with van der Waals surface area (Å²) in [4.78, 5) is 4.28. The molecule has 1 fully saturated rings. The van der Waals surface area contributed by atoms with Crippen LogP contribution in [0.3, 0.4) is 0 Å². The number of nitrogens with zero attached hydrogens (tertiary/aromatic N) is 1. The second-order valence-corrected chi connectivity index (χ2v) is 6.43. The lowest BCUT2D eigenvalue weighted by Gasteiger charge is -2.32. The van der Waals surface area contributed by atoms with E-state index in [-0.39, 0.29) is 18.3 Å². The summed E-state index contributed by atoms with van der Waals surface area (Å²) in [6.07, 6.45) is 5.77. The Kier molecular flexibility index (Phi) is 3.38. The van der Waals surface area contributed by atoms with Gasteiger partial charge >= 0.3 is 7.12 Å². The molecule has 2 heterocycles. The van der Waals surface area contributed by atoms with Crippen molar-refractivity contribution in [3.63, 3.8) is 0 Å². The molecule has 1 aliphatic rings. The summed E-state index contributed by atoms with van der Waals surface area (Å²) in [5.41, 5.74) is 0.459. The minimum atomic E-state index is -0.325. The lowest BCUT2D eigenvalue weighted by Crippen LogP contribution is -2.41. The number of fused-ring (bicyclic) bond motifs is 1. The molecule has 0 atom stereocenters. The quantitative estimate of drug-likeness (QED) is 0.783. The monoisotopic (exact) mass is 281 g/mol. The van der Waals surface area contributed by atoms with Gasteiger partial charge in [0.2, 0.25) is 0 Å². The van der Waals surface area contributed by atoms with Crippen molar-refractivity contribution in [2.24, 2.45) is 0 Å². The summed E-state index contributed by atoms with van der Waals surface area (Å²) in [5.74, 6) is 1.96. The summed E-state index contributed by atoms with van der Waals surface area (Å²) < 4.78 is 11.9. The zero-order valence-electron chi connectivity index (χ0n) is 13.0. The molecule has 2 aromatic rings. The molecule has 0 amide bonds. The molecule has 4 heteroatoms. The van der Waals surface area contributed by atoms with Crippen LogP contribution in [0.15, 0.2) is 42.6 Å². The molecule has 108 valence electrons. The standard InChI is InChI=1S/C17H20BNO2/c1-16(2)17(3,4)21-18(20-16)10-9-14-12-19-11-13-7-5-6-8-15(13)14/h5-12H,1-4H3/b10-9+. The molecule has 0 saturated carbocycles. The van der Waals surface area contributed by atoms with Gasteiger partial charge in [0.15, 0.2) is 0 Å². The molecule has 21 heavy (non-hydrogen) atoms. The SMILES string of the molecule is CC1(C)OB(/C=C/c2cncc3ccccc23)OC1(C)C. The molecular formula is C17H20BNO2. The Hall–Kier alpha value is -1.65. The number of pyridine rings is 1. The minimum Gasteiger partial charge on any atom is -0.400 e. The maximum atomic E-state index is 5.97. The molecular weight excluding hydrogens is 261 g/mol. The number of rotatable bonds is 2. The summed E-state index contributed by atoms with van der Waals surface area (Å²) >= 11 is 0. The van der Waals surface area contributed by atoms with Crippen molar-refractivity contribution in [3.05, 3.63) is 48.2 Å². The van der Waals surface area contributed by atoms with Crippen LogP contribution in [0.1, 0.15) is 33.3 Å². The molecule has 0 aliphatic carbocycles. The first-order valence-corrected chi connectivity index (χ1v) is 7.26. The van der Waals surface area contributed by atoms with Crippen LogP contribution in [0, 0.1) is 0 Å². The minimum absolute atomic E-state index is 0.307. The molecule has 0 radical (unpaired) electrons. The summed E-state index contributed by atoms with van der Waals surface area (Å²) in [7, 11) is -0.325. The van der Waals surface area contributed by atoms with E-state index < -0.39 is 0 Å². The van der Waals surface area contributed by atoms with Crippen molar-refractivity contribution < 1.29 is 9.31 Å². The molecule has 1 aromatic heterocycles. The van der Waals surface area contributed by atoms with Crippen LogP contribution >= 0.6 is 0 Å². The molecule has 0 bridgehead atoms. The van der Waals surface area contributed by atoms with E-state index in [0.29, 0.717) is 0 Å². The second kappa shape index (κ2) is 4.97. The molecule has 0 unspecified atom stereocenters. The maximum absolute atomic E-state index is 5.97. The second-order valence-electron chi connectivity index (χ2n) is 6.43. The Labute approximate surface area is 126 Å². The largest absolute Gasteiger partial charge is 0.487 e. The predicted molar refractivity (Wildman–Crippen MR) is 86.9 cm³/mol. The van der Waals surface area contributed by atoms with E-state index in [1.165, 1.54) is 5.39 Å².